The summed E-state index contributed by atoms with van der Waals surface area (Å²) in [4.78, 5) is 15.1. The summed E-state index contributed by atoms with van der Waals surface area (Å²) in [6.45, 7) is 6.89. The second kappa shape index (κ2) is 9.87. The van der Waals surface area contributed by atoms with Gasteiger partial charge in [0.2, 0.25) is 5.91 Å². The lowest BCUT2D eigenvalue weighted by molar-refractivity contribution is -0.116. The van der Waals surface area contributed by atoms with Crippen molar-refractivity contribution in [2.24, 2.45) is 0 Å². The minimum atomic E-state index is 0.144. The van der Waals surface area contributed by atoms with Gasteiger partial charge in [0, 0.05) is 18.4 Å². The molecule has 20 heavy (non-hydrogen) atoms. The number of unbranched alkanes of at least 4 members (excludes halogenated alkanes) is 3. The van der Waals surface area contributed by atoms with Gasteiger partial charge in [-0.1, -0.05) is 45.2 Å². The van der Waals surface area contributed by atoms with Gasteiger partial charge in [-0.15, -0.1) is 11.8 Å². The number of hydrogen-bond donors (Lipinski definition) is 0. The zero-order chi connectivity index (χ0) is 14.8. The summed E-state index contributed by atoms with van der Waals surface area (Å²) >= 11 is 1.84. The van der Waals surface area contributed by atoms with Crippen LogP contribution in [-0.4, -0.2) is 18.2 Å². The number of benzene rings is 1. The van der Waals surface area contributed by atoms with Gasteiger partial charge in [0.05, 0.1) is 5.69 Å². The van der Waals surface area contributed by atoms with E-state index in [2.05, 4.69) is 32.0 Å². The average Bonchev–Trinajstić information content (AvgIpc) is 2.45. The molecule has 0 unspecified atom stereocenters. The van der Waals surface area contributed by atoms with Crippen LogP contribution in [0.5, 0.6) is 0 Å². The minimum absolute atomic E-state index is 0.144. The Kier molecular flexibility index (Phi) is 8.43. The molecule has 0 aliphatic heterocycles. The molecule has 1 aromatic carbocycles. The average molecular weight is 293 g/mol. The monoisotopic (exact) mass is 293 g/mol. The third-order valence-corrected chi connectivity index (χ3v) is 4.50. The van der Waals surface area contributed by atoms with Crippen molar-refractivity contribution in [3.8, 4) is 0 Å². The molecule has 3 heteroatoms. The van der Waals surface area contributed by atoms with E-state index in [1.807, 2.05) is 22.7 Å². The van der Waals surface area contributed by atoms with Crippen LogP contribution in [-0.2, 0) is 4.79 Å². The Morgan fingerprint density at radius 1 is 1.10 bits per heavy atom. The highest BCUT2D eigenvalue weighted by molar-refractivity contribution is 7.99. The Hall–Kier alpha value is -0.960. The zero-order valence-electron chi connectivity index (χ0n) is 13.0. The van der Waals surface area contributed by atoms with Crippen molar-refractivity contribution in [2.75, 3.05) is 17.2 Å². The van der Waals surface area contributed by atoms with Gasteiger partial charge in [0.25, 0.3) is 0 Å². The predicted molar refractivity (Wildman–Crippen MR) is 89.6 cm³/mol. The molecule has 0 atom stereocenters. The number of para-hydroxylation sites is 1. The molecule has 1 aromatic rings. The van der Waals surface area contributed by atoms with Crippen LogP contribution in [0.2, 0.25) is 0 Å². The Morgan fingerprint density at radius 2 is 1.85 bits per heavy atom. The maximum absolute atomic E-state index is 12.0. The molecule has 0 fully saturated rings. The standard InChI is InChI=1S/C17H27NOS/c1-4-6-7-10-13-18(15(3)19)16-11-8-9-12-17(16)20-14-5-2/h8-9,11-12H,4-7,10,13-14H2,1-3H3. The fourth-order valence-electron chi connectivity index (χ4n) is 2.16. The summed E-state index contributed by atoms with van der Waals surface area (Å²) in [5, 5.41) is 0. The van der Waals surface area contributed by atoms with E-state index in [-0.39, 0.29) is 5.91 Å². The number of nitrogens with zero attached hydrogens (tertiary/aromatic N) is 1. The van der Waals surface area contributed by atoms with Crippen LogP contribution in [0.25, 0.3) is 0 Å². The first-order valence-electron chi connectivity index (χ1n) is 7.70. The molecule has 1 amide bonds. The molecule has 0 saturated carbocycles. The molecular formula is C17H27NOS. The lowest BCUT2D eigenvalue weighted by Gasteiger charge is -2.23. The first-order chi connectivity index (χ1) is 9.70. The molecule has 0 spiro atoms. The minimum Gasteiger partial charge on any atom is -0.312 e. The lowest BCUT2D eigenvalue weighted by atomic mass is 10.2. The normalized spacial score (nSPS) is 10.6. The Balaban J connectivity index is 2.77. The van der Waals surface area contributed by atoms with E-state index in [4.69, 9.17) is 0 Å². The third-order valence-electron chi connectivity index (χ3n) is 3.23. The Labute approximate surface area is 127 Å². The Morgan fingerprint density at radius 3 is 2.50 bits per heavy atom. The fourth-order valence-corrected chi connectivity index (χ4v) is 3.08. The van der Waals surface area contributed by atoms with E-state index in [1.54, 1.807) is 6.92 Å². The molecule has 0 aromatic heterocycles. The van der Waals surface area contributed by atoms with Crippen LogP contribution >= 0.6 is 11.8 Å². The van der Waals surface area contributed by atoms with Gasteiger partial charge in [-0.3, -0.25) is 4.79 Å². The zero-order valence-corrected chi connectivity index (χ0v) is 13.8. The molecule has 1 rings (SSSR count). The van der Waals surface area contributed by atoms with Crippen LogP contribution in [0.4, 0.5) is 5.69 Å². The van der Waals surface area contributed by atoms with Crippen molar-refractivity contribution in [3.63, 3.8) is 0 Å². The predicted octanol–water partition coefficient (Wildman–Crippen LogP) is 5.12. The molecule has 0 radical (unpaired) electrons. The van der Waals surface area contributed by atoms with Gasteiger partial charge >= 0.3 is 0 Å². The second-order valence-electron chi connectivity index (χ2n) is 5.05. The highest BCUT2D eigenvalue weighted by atomic mass is 32.2. The van der Waals surface area contributed by atoms with Crippen molar-refractivity contribution in [1.29, 1.82) is 0 Å². The summed E-state index contributed by atoms with van der Waals surface area (Å²) in [5.41, 5.74) is 1.08. The van der Waals surface area contributed by atoms with Crippen molar-refractivity contribution in [3.05, 3.63) is 24.3 Å². The van der Waals surface area contributed by atoms with E-state index >= 15 is 0 Å². The number of carbonyl (C=O) groups is 1. The van der Waals surface area contributed by atoms with E-state index in [1.165, 1.54) is 24.2 Å². The van der Waals surface area contributed by atoms with Gasteiger partial charge < -0.3 is 4.90 Å². The first kappa shape index (κ1) is 17.1. The van der Waals surface area contributed by atoms with Gasteiger partial charge in [0.15, 0.2) is 0 Å². The van der Waals surface area contributed by atoms with Gasteiger partial charge in [-0.2, -0.15) is 0 Å². The third kappa shape index (κ3) is 5.58. The number of hydrogen-bond acceptors (Lipinski definition) is 2. The molecule has 2 nitrogen and oxygen atoms in total. The van der Waals surface area contributed by atoms with E-state index in [0.717, 1.165) is 30.8 Å². The number of carbonyl (C=O) groups excluding carboxylic acids is 1. The molecule has 0 N–H and O–H groups in total. The molecule has 0 heterocycles. The van der Waals surface area contributed by atoms with Gasteiger partial charge in [-0.05, 0) is 30.7 Å². The maximum Gasteiger partial charge on any atom is 0.223 e. The first-order valence-corrected chi connectivity index (χ1v) is 8.69. The molecule has 0 aliphatic rings. The van der Waals surface area contributed by atoms with Gasteiger partial charge in [0.1, 0.15) is 0 Å². The molecule has 0 aliphatic carbocycles. The second-order valence-corrected chi connectivity index (χ2v) is 6.18. The summed E-state index contributed by atoms with van der Waals surface area (Å²) in [7, 11) is 0. The SMILES string of the molecule is CCCCCCN(C(C)=O)c1ccccc1SCCC. The van der Waals surface area contributed by atoms with Crippen LogP contribution in [0.3, 0.4) is 0 Å². The van der Waals surface area contributed by atoms with E-state index in [9.17, 15) is 4.79 Å². The molecular weight excluding hydrogens is 266 g/mol. The quantitative estimate of drug-likeness (QED) is 0.465. The highest BCUT2D eigenvalue weighted by Gasteiger charge is 2.14. The fraction of sp³-hybridized carbons (Fsp3) is 0.588. The number of amides is 1. The van der Waals surface area contributed by atoms with Crippen LogP contribution in [0.15, 0.2) is 29.2 Å². The summed E-state index contributed by atoms with van der Waals surface area (Å²) in [5.74, 6) is 1.24. The summed E-state index contributed by atoms with van der Waals surface area (Å²) in [6, 6.07) is 8.26. The molecule has 0 bridgehead atoms. The number of thioether (sulfide) groups is 1. The maximum atomic E-state index is 12.0. The van der Waals surface area contributed by atoms with Crippen molar-refractivity contribution >= 4 is 23.4 Å². The summed E-state index contributed by atoms with van der Waals surface area (Å²) in [6.07, 6.45) is 5.90. The van der Waals surface area contributed by atoms with Crippen LogP contribution in [0, 0.1) is 0 Å². The van der Waals surface area contributed by atoms with Crippen molar-refractivity contribution in [2.45, 2.75) is 57.8 Å². The Bertz CT molecular complexity index is 406. The topological polar surface area (TPSA) is 20.3 Å². The largest absolute Gasteiger partial charge is 0.312 e. The summed E-state index contributed by atoms with van der Waals surface area (Å²) < 4.78 is 0. The van der Waals surface area contributed by atoms with Crippen molar-refractivity contribution < 1.29 is 4.79 Å². The van der Waals surface area contributed by atoms with Crippen LogP contribution < -0.4 is 4.90 Å². The lowest BCUT2D eigenvalue weighted by Crippen LogP contribution is -2.30. The van der Waals surface area contributed by atoms with E-state index in [0.29, 0.717) is 0 Å². The van der Waals surface area contributed by atoms with E-state index < -0.39 is 0 Å². The van der Waals surface area contributed by atoms with Crippen LogP contribution in [0.1, 0.15) is 52.9 Å². The smallest absolute Gasteiger partial charge is 0.223 e. The molecule has 0 saturated heterocycles. The highest BCUT2D eigenvalue weighted by Crippen LogP contribution is 2.30. The van der Waals surface area contributed by atoms with Crippen molar-refractivity contribution in [1.82, 2.24) is 0 Å². The number of rotatable bonds is 9. The van der Waals surface area contributed by atoms with Gasteiger partial charge in [-0.25, -0.2) is 0 Å². The number of anilines is 1. The molecule has 112 valence electrons.